The van der Waals surface area contributed by atoms with E-state index in [1.54, 1.807) is 23.2 Å². The van der Waals surface area contributed by atoms with Crippen LogP contribution in [-0.2, 0) is 21.5 Å². The van der Waals surface area contributed by atoms with Crippen LogP contribution in [0.3, 0.4) is 0 Å². The lowest BCUT2D eigenvalue weighted by Crippen LogP contribution is -2.47. The zero-order valence-corrected chi connectivity index (χ0v) is 17.8. The summed E-state index contributed by atoms with van der Waals surface area (Å²) >= 11 is 1.70. The number of imide groups is 1. The molecule has 8 heteroatoms. The van der Waals surface area contributed by atoms with Gasteiger partial charge in [0.2, 0.25) is 5.91 Å². The molecule has 0 aliphatic carbocycles. The van der Waals surface area contributed by atoms with Crippen molar-refractivity contribution in [2.75, 3.05) is 13.1 Å². The van der Waals surface area contributed by atoms with Crippen LogP contribution in [0.1, 0.15) is 48.7 Å². The van der Waals surface area contributed by atoms with Crippen LogP contribution in [0.15, 0.2) is 35.7 Å². The zero-order chi connectivity index (χ0) is 21.5. The Kier molecular flexibility index (Phi) is 5.36. The van der Waals surface area contributed by atoms with Crippen LogP contribution >= 0.6 is 11.3 Å². The quantitative estimate of drug-likeness (QED) is 0.739. The summed E-state index contributed by atoms with van der Waals surface area (Å²) in [5, 5.41) is 4.78. The number of carbonyl (C=O) groups excluding carboxylic acids is 3. The van der Waals surface area contributed by atoms with E-state index in [9.17, 15) is 18.8 Å². The van der Waals surface area contributed by atoms with Gasteiger partial charge in [-0.25, -0.2) is 9.18 Å². The van der Waals surface area contributed by atoms with E-state index in [1.165, 1.54) is 29.1 Å². The molecule has 1 saturated heterocycles. The molecule has 4 rings (SSSR count). The van der Waals surface area contributed by atoms with Gasteiger partial charge in [-0.1, -0.05) is 26.0 Å². The largest absolute Gasteiger partial charge is 0.334 e. The molecule has 1 N–H and O–H groups in total. The molecule has 30 heavy (non-hydrogen) atoms. The van der Waals surface area contributed by atoms with Crippen LogP contribution in [-0.4, -0.2) is 40.7 Å². The summed E-state index contributed by atoms with van der Waals surface area (Å²) in [6.45, 7) is 4.08. The number of nitrogens with one attached hydrogen (secondary N) is 1. The molecule has 1 aromatic heterocycles. The first-order chi connectivity index (χ1) is 14.4. The Morgan fingerprint density at radius 1 is 1.23 bits per heavy atom. The van der Waals surface area contributed by atoms with Crippen molar-refractivity contribution < 1.29 is 18.8 Å². The van der Waals surface area contributed by atoms with Crippen molar-refractivity contribution in [1.82, 2.24) is 15.1 Å². The predicted molar refractivity (Wildman–Crippen MR) is 111 cm³/mol. The maximum atomic E-state index is 13.4. The van der Waals surface area contributed by atoms with E-state index >= 15 is 0 Å². The van der Waals surface area contributed by atoms with E-state index in [0.29, 0.717) is 18.5 Å². The van der Waals surface area contributed by atoms with Gasteiger partial charge in [0.15, 0.2) is 0 Å². The fraction of sp³-hybridized carbons (Fsp3) is 0.409. The molecule has 4 amide bonds. The summed E-state index contributed by atoms with van der Waals surface area (Å²) in [7, 11) is 0. The van der Waals surface area contributed by atoms with E-state index in [2.05, 4.69) is 11.4 Å². The molecule has 2 aliphatic rings. The summed E-state index contributed by atoms with van der Waals surface area (Å²) in [5.74, 6) is -1.14. The Bertz CT molecular complexity index is 990. The standard InChI is InChI=1S/C22H24FN3O3S/c1-3-17-16-10-12-30-18(16)9-11-25(17)19(27)13-26-20(28)22(4-2,24-21(26)29)14-5-7-15(23)8-6-14/h5-8,10,12,17H,3-4,9,11,13H2,1-2H3,(H,24,29). The Hall–Kier alpha value is -2.74. The lowest BCUT2D eigenvalue weighted by Gasteiger charge is -2.36. The molecule has 0 bridgehead atoms. The van der Waals surface area contributed by atoms with Gasteiger partial charge < -0.3 is 10.2 Å². The number of urea groups is 1. The van der Waals surface area contributed by atoms with Crippen molar-refractivity contribution in [2.45, 2.75) is 44.7 Å². The number of nitrogens with zero attached hydrogens (tertiary/aromatic N) is 2. The Labute approximate surface area is 178 Å². The number of amides is 4. The summed E-state index contributed by atoms with van der Waals surface area (Å²) < 4.78 is 13.4. The number of fused-ring (bicyclic) bond motifs is 1. The average Bonchev–Trinajstić information content (AvgIpc) is 3.32. The monoisotopic (exact) mass is 429 g/mol. The predicted octanol–water partition coefficient (Wildman–Crippen LogP) is 3.58. The van der Waals surface area contributed by atoms with E-state index in [0.717, 1.165) is 23.3 Å². The van der Waals surface area contributed by atoms with Gasteiger partial charge >= 0.3 is 6.03 Å². The normalized spacial score (nSPS) is 23.5. The third kappa shape index (κ3) is 3.19. The summed E-state index contributed by atoms with van der Waals surface area (Å²) in [6, 6.07) is 6.94. The third-order valence-corrected chi connectivity index (χ3v) is 7.13. The van der Waals surface area contributed by atoms with E-state index in [4.69, 9.17) is 0 Å². The SMILES string of the molecule is CCC1c2ccsc2CCN1C(=O)CN1C(=O)NC(CC)(c2ccc(F)cc2)C1=O. The molecular weight excluding hydrogens is 405 g/mol. The summed E-state index contributed by atoms with van der Waals surface area (Å²) in [6.07, 6.45) is 1.85. The van der Waals surface area contributed by atoms with Crippen molar-refractivity contribution in [3.8, 4) is 0 Å². The van der Waals surface area contributed by atoms with Crippen LogP contribution in [0.2, 0.25) is 0 Å². The van der Waals surface area contributed by atoms with Crippen LogP contribution in [0.5, 0.6) is 0 Å². The first-order valence-electron chi connectivity index (χ1n) is 10.2. The molecule has 1 aromatic carbocycles. The van der Waals surface area contributed by atoms with Gasteiger partial charge in [0.05, 0.1) is 6.04 Å². The average molecular weight is 430 g/mol. The number of hydrogen-bond acceptors (Lipinski definition) is 4. The second-order valence-electron chi connectivity index (χ2n) is 7.65. The highest BCUT2D eigenvalue weighted by Crippen LogP contribution is 2.36. The minimum Gasteiger partial charge on any atom is -0.334 e. The first kappa shape index (κ1) is 20.5. The maximum absolute atomic E-state index is 13.4. The number of rotatable bonds is 5. The number of thiophene rings is 1. The second kappa shape index (κ2) is 7.83. The molecule has 0 radical (unpaired) electrons. The third-order valence-electron chi connectivity index (χ3n) is 6.14. The number of benzene rings is 1. The lowest BCUT2D eigenvalue weighted by atomic mass is 9.87. The molecule has 158 valence electrons. The van der Waals surface area contributed by atoms with Crippen molar-refractivity contribution in [3.05, 3.63) is 57.5 Å². The summed E-state index contributed by atoms with van der Waals surface area (Å²) in [5.41, 5.74) is 0.387. The van der Waals surface area contributed by atoms with Crippen LogP contribution in [0.4, 0.5) is 9.18 Å². The zero-order valence-electron chi connectivity index (χ0n) is 17.0. The van der Waals surface area contributed by atoms with Crippen molar-refractivity contribution in [3.63, 3.8) is 0 Å². The highest BCUT2D eigenvalue weighted by atomic mass is 32.1. The topological polar surface area (TPSA) is 69.7 Å². The van der Waals surface area contributed by atoms with Crippen LogP contribution in [0, 0.1) is 5.82 Å². The van der Waals surface area contributed by atoms with Gasteiger partial charge in [-0.3, -0.25) is 14.5 Å². The summed E-state index contributed by atoms with van der Waals surface area (Å²) in [4.78, 5) is 43.1. The lowest BCUT2D eigenvalue weighted by molar-refractivity contribution is -0.141. The molecule has 0 spiro atoms. The van der Waals surface area contributed by atoms with Crippen LogP contribution < -0.4 is 5.32 Å². The molecule has 1 fully saturated rings. The van der Waals surface area contributed by atoms with E-state index in [-0.39, 0.29) is 18.5 Å². The number of halogens is 1. The maximum Gasteiger partial charge on any atom is 0.325 e. The molecule has 3 heterocycles. The molecule has 0 saturated carbocycles. The van der Waals surface area contributed by atoms with E-state index < -0.39 is 23.3 Å². The minimum atomic E-state index is -1.28. The highest BCUT2D eigenvalue weighted by molar-refractivity contribution is 7.10. The Morgan fingerprint density at radius 2 is 1.97 bits per heavy atom. The smallest absolute Gasteiger partial charge is 0.325 e. The second-order valence-corrected chi connectivity index (χ2v) is 8.65. The fourth-order valence-electron chi connectivity index (χ4n) is 4.50. The molecule has 6 nitrogen and oxygen atoms in total. The fourth-order valence-corrected chi connectivity index (χ4v) is 5.43. The molecular formula is C22H24FN3O3S. The Balaban J connectivity index is 1.56. The minimum absolute atomic E-state index is 0.0405. The van der Waals surface area contributed by atoms with Crippen molar-refractivity contribution in [2.24, 2.45) is 0 Å². The van der Waals surface area contributed by atoms with Gasteiger partial charge in [0, 0.05) is 11.4 Å². The molecule has 2 atom stereocenters. The van der Waals surface area contributed by atoms with E-state index in [1.807, 2.05) is 12.3 Å². The molecule has 2 unspecified atom stereocenters. The first-order valence-corrected chi connectivity index (χ1v) is 11.0. The van der Waals surface area contributed by atoms with Crippen LogP contribution in [0.25, 0.3) is 0 Å². The van der Waals surface area contributed by atoms with Gasteiger partial charge in [-0.05, 0) is 54.0 Å². The molecule has 2 aromatic rings. The van der Waals surface area contributed by atoms with Crippen molar-refractivity contribution >= 4 is 29.2 Å². The van der Waals surface area contributed by atoms with Crippen molar-refractivity contribution in [1.29, 1.82) is 0 Å². The van der Waals surface area contributed by atoms with Gasteiger partial charge in [-0.2, -0.15) is 0 Å². The van der Waals surface area contributed by atoms with Gasteiger partial charge in [0.25, 0.3) is 5.91 Å². The Morgan fingerprint density at radius 3 is 2.63 bits per heavy atom. The van der Waals surface area contributed by atoms with Gasteiger partial charge in [0.1, 0.15) is 17.9 Å². The van der Waals surface area contributed by atoms with Gasteiger partial charge in [-0.15, -0.1) is 11.3 Å². The number of hydrogen-bond donors (Lipinski definition) is 1. The molecule has 2 aliphatic heterocycles. The number of carbonyl (C=O) groups is 3. The highest BCUT2D eigenvalue weighted by Gasteiger charge is 2.52.